The van der Waals surface area contributed by atoms with Gasteiger partial charge in [-0.15, -0.1) is 12.4 Å². The topological polar surface area (TPSA) is 59.6 Å². The minimum absolute atomic E-state index is 0. The van der Waals surface area contributed by atoms with Crippen LogP contribution in [0.25, 0.3) is 0 Å². The fraction of sp³-hybridized carbons (Fsp3) is 0.611. The van der Waals surface area contributed by atoms with Crippen LogP contribution in [0, 0.1) is 12.3 Å². The van der Waals surface area contributed by atoms with E-state index in [9.17, 15) is 4.79 Å². The number of aryl methyl sites for hydroxylation is 1. The summed E-state index contributed by atoms with van der Waals surface area (Å²) in [5.41, 5.74) is 1.71. The Bertz CT molecular complexity index is 540. The van der Waals surface area contributed by atoms with Crippen LogP contribution >= 0.6 is 12.4 Å². The molecular formula is C18H29ClN2O3. The van der Waals surface area contributed by atoms with Crippen LogP contribution < -0.4 is 15.4 Å². The maximum atomic E-state index is 12.9. The van der Waals surface area contributed by atoms with Crippen molar-refractivity contribution in [1.29, 1.82) is 0 Å². The van der Waals surface area contributed by atoms with Crippen molar-refractivity contribution in [3.8, 4) is 5.75 Å². The number of carbonyl (C=O) groups is 1. The summed E-state index contributed by atoms with van der Waals surface area (Å²) >= 11 is 0. The van der Waals surface area contributed by atoms with Crippen LogP contribution in [0.15, 0.2) is 18.2 Å². The molecule has 0 aliphatic carbocycles. The van der Waals surface area contributed by atoms with E-state index >= 15 is 0 Å². The molecule has 1 aromatic rings. The molecule has 2 rings (SSSR count). The van der Waals surface area contributed by atoms with Crippen molar-refractivity contribution >= 4 is 18.3 Å². The van der Waals surface area contributed by atoms with Gasteiger partial charge in [0.25, 0.3) is 0 Å². The first kappa shape index (κ1) is 20.7. The van der Waals surface area contributed by atoms with E-state index in [1.807, 2.05) is 26.0 Å². The van der Waals surface area contributed by atoms with Crippen molar-refractivity contribution in [2.75, 3.05) is 33.9 Å². The number of hydrogen-bond acceptors (Lipinski definition) is 4. The molecular weight excluding hydrogens is 328 g/mol. The smallest absolute Gasteiger partial charge is 0.229 e. The number of carbonyl (C=O) groups excluding carboxylic acids is 1. The van der Waals surface area contributed by atoms with E-state index < -0.39 is 5.41 Å². The van der Waals surface area contributed by atoms with Gasteiger partial charge in [0.2, 0.25) is 5.91 Å². The molecule has 5 nitrogen and oxygen atoms in total. The van der Waals surface area contributed by atoms with Crippen LogP contribution in [0.1, 0.15) is 36.9 Å². The second-order valence-electron chi connectivity index (χ2n) is 6.40. The van der Waals surface area contributed by atoms with Crippen molar-refractivity contribution in [2.45, 2.75) is 32.7 Å². The Balaban J connectivity index is 0.00000288. The van der Waals surface area contributed by atoms with Crippen LogP contribution in [-0.4, -0.2) is 39.8 Å². The second kappa shape index (κ2) is 9.25. The standard InChI is InChI=1S/C18H28N2O3.ClH/c1-13-5-6-16(23-4)15(11-13)14(2)20-17(21)18(12-22-3)7-9-19-10-8-18;/h5-6,11,14,19H,7-10,12H2,1-4H3,(H,20,21);1H. The molecule has 136 valence electrons. The molecule has 6 heteroatoms. The monoisotopic (exact) mass is 356 g/mol. The molecule has 1 amide bonds. The Morgan fingerprint density at radius 3 is 2.58 bits per heavy atom. The molecule has 1 heterocycles. The number of amides is 1. The lowest BCUT2D eigenvalue weighted by molar-refractivity contribution is -0.136. The summed E-state index contributed by atoms with van der Waals surface area (Å²) in [6, 6.07) is 5.91. The molecule has 24 heavy (non-hydrogen) atoms. The average molecular weight is 357 g/mol. The summed E-state index contributed by atoms with van der Waals surface area (Å²) in [6.07, 6.45) is 1.59. The van der Waals surface area contributed by atoms with Crippen LogP contribution in [0.2, 0.25) is 0 Å². The maximum Gasteiger partial charge on any atom is 0.229 e. The van der Waals surface area contributed by atoms with E-state index in [2.05, 4.69) is 16.7 Å². The molecule has 1 aliphatic rings. The number of benzene rings is 1. The third-order valence-electron chi connectivity index (χ3n) is 4.66. The number of ether oxygens (including phenoxy) is 2. The minimum atomic E-state index is -0.439. The number of methoxy groups -OCH3 is 2. The Morgan fingerprint density at radius 1 is 1.33 bits per heavy atom. The van der Waals surface area contributed by atoms with Crippen LogP contribution in [0.5, 0.6) is 5.75 Å². The first-order valence-electron chi connectivity index (χ1n) is 8.17. The van der Waals surface area contributed by atoms with E-state index in [0.29, 0.717) is 6.61 Å². The van der Waals surface area contributed by atoms with Crippen molar-refractivity contribution in [1.82, 2.24) is 10.6 Å². The van der Waals surface area contributed by atoms with Crippen molar-refractivity contribution < 1.29 is 14.3 Å². The van der Waals surface area contributed by atoms with Crippen LogP contribution in [0.4, 0.5) is 0 Å². The first-order chi connectivity index (χ1) is 11.0. The summed E-state index contributed by atoms with van der Waals surface area (Å²) in [6.45, 7) is 6.18. The number of rotatable bonds is 6. The zero-order valence-corrected chi connectivity index (χ0v) is 15.8. The van der Waals surface area contributed by atoms with Crippen molar-refractivity contribution in [3.63, 3.8) is 0 Å². The molecule has 2 N–H and O–H groups in total. The fourth-order valence-electron chi connectivity index (χ4n) is 3.24. The van der Waals surface area contributed by atoms with Gasteiger partial charge in [-0.05, 0) is 45.8 Å². The van der Waals surface area contributed by atoms with Gasteiger partial charge in [-0.3, -0.25) is 4.79 Å². The van der Waals surface area contributed by atoms with E-state index in [1.165, 1.54) is 0 Å². The molecule has 1 fully saturated rings. The van der Waals surface area contributed by atoms with Gasteiger partial charge >= 0.3 is 0 Å². The van der Waals surface area contributed by atoms with Gasteiger partial charge in [-0.25, -0.2) is 0 Å². The molecule has 0 spiro atoms. The fourth-order valence-corrected chi connectivity index (χ4v) is 3.24. The SMILES string of the molecule is COCC1(C(=O)NC(C)c2cc(C)ccc2OC)CCNCC1.Cl. The highest BCUT2D eigenvalue weighted by Gasteiger charge is 2.40. The lowest BCUT2D eigenvalue weighted by Crippen LogP contribution is -2.50. The predicted octanol–water partition coefficient (Wildman–Crippen LogP) is 2.62. The van der Waals surface area contributed by atoms with E-state index in [4.69, 9.17) is 9.47 Å². The molecule has 1 atom stereocenters. The lowest BCUT2D eigenvalue weighted by atomic mass is 9.78. The largest absolute Gasteiger partial charge is 0.496 e. The third kappa shape index (κ3) is 4.62. The lowest BCUT2D eigenvalue weighted by Gasteiger charge is -2.36. The van der Waals surface area contributed by atoms with Gasteiger partial charge < -0.3 is 20.1 Å². The Hall–Kier alpha value is -1.30. The van der Waals surface area contributed by atoms with Crippen molar-refractivity contribution in [2.24, 2.45) is 5.41 Å². The molecule has 0 bridgehead atoms. The third-order valence-corrected chi connectivity index (χ3v) is 4.66. The van der Waals surface area contributed by atoms with Crippen molar-refractivity contribution in [3.05, 3.63) is 29.3 Å². The number of nitrogens with one attached hydrogen (secondary N) is 2. The van der Waals surface area contributed by atoms with E-state index in [-0.39, 0.29) is 24.4 Å². The molecule has 1 aliphatic heterocycles. The Morgan fingerprint density at radius 2 is 2.00 bits per heavy atom. The molecule has 1 aromatic carbocycles. The second-order valence-corrected chi connectivity index (χ2v) is 6.40. The quantitative estimate of drug-likeness (QED) is 0.822. The maximum absolute atomic E-state index is 12.9. The van der Waals surface area contributed by atoms with Gasteiger partial charge in [0.05, 0.1) is 25.2 Å². The zero-order chi connectivity index (χ0) is 16.9. The molecule has 1 unspecified atom stereocenters. The van der Waals surface area contributed by atoms with Crippen LogP contribution in [-0.2, 0) is 9.53 Å². The highest BCUT2D eigenvalue weighted by atomic mass is 35.5. The number of piperidine rings is 1. The van der Waals surface area contributed by atoms with Gasteiger partial charge in [-0.2, -0.15) is 0 Å². The highest BCUT2D eigenvalue weighted by Crippen LogP contribution is 2.32. The summed E-state index contributed by atoms with van der Waals surface area (Å²) in [5.74, 6) is 0.867. The molecule has 1 saturated heterocycles. The van der Waals surface area contributed by atoms with Gasteiger partial charge in [0, 0.05) is 12.7 Å². The molecule has 0 saturated carbocycles. The minimum Gasteiger partial charge on any atom is -0.496 e. The summed E-state index contributed by atoms with van der Waals surface area (Å²) in [4.78, 5) is 12.9. The zero-order valence-electron chi connectivity index (χ0n) is 15.0. The van der Waals surface area contributed by atoms with E-state index in [0.717, 1.165) is 42.8 Å². The number of hydrogen-bond donors (Lipinski definition) is 2. The summed E-state index contributed by atoms with van der Waals surface area (Å²) in [5, 5.41) is 6.47. The number of halogens is 1. The normalized spacial score (nSPS) is 17.5. The van der Waals surface area contributed by atoms with E-state index in [1.54, 1.807) is 14.2 Å². The Labute approximate surface area is 150 Å². The highest BCUT2D eigenvalue weighted by molar-refractivity contribution is 5.85. The Kier molecular flexibility index (Phi) is 8.00. The van der Waals surface area contributed by atoms with Gasteiger partial charge in [0.1, 0.15) is 5.75 Å². The molecule has 0 aromatic heterocycles. The predicted molar refractivity (Wildman–Crippen MR) is 97.9 cm³/mol. The van der Waals surface area contributed by atoms with Gasteiger partial charge in [-0.1, -0.05) is 17.7 Å². The summed E-state index contributed by atoms with van der Waals surface area (Å²) in [7, 11) is 3.31. The van der Waals surface area contributed by atoms with Gasteiger partial charge in [0.15, 0.2) is 0 Å². The molecule has 0 radical (unpaired) electrons. The average Bonchev–Trinajstić information content (AvgIpc) is 2.55. The first-order valence-corrected chi connectivity index (χ1v) is 8.17. The summed E-state index contributed by atoms with van der Waals surface area (Å²) < 4.78 is 10.8. The van der Waals surface area contributed by atoms with Crippen LogP contribution in [0.3, 0.4) is 0 Å².